The monoisotopic (exact) mass is 218 g/mol. The first kappa shape index (κ1) is 12.8. The maximum Gasteiger partial charge on any atom is 0.122 e. The molecule has 0 bridgehead atoms. The highest BCUT2D eigenvalue weighted by molar-refractivity contribution is 5.40. The lowest BCUT2D eigenvalue weighted by Crippen LogP contribution is -2.01. The van der Waals surface area contributed by atoms with E-state index in [1.807, 2.05) is 6.08 Å². The van der Waals surface area contributed by atoms with Crippen molar-refractivity contribution in [1.82, 2.24) is 0 Å². The molecular formula is C15H22O. The second-order valence-electron chi connectivity index (χ2n) is 4.06. The molecular weight excluding hydrogens is 196 g/mol. The molecule has 0 saturated heterocycles. The third kappa shape index (κ3) is 2.88. The third-order valence-corrected chi connectivity index (χ3v) is 3.09. The summed E-state index contributed by atoms with van der Waals surface area (Å²) >= 11 is 0. The van der Waals surface area contributed by atoms with Crippen LogP contribution in [0.3, 0.4) is 0 Å². The zero-order valence-electron chi connectivity index (χ0n) is 10.6. The average Bonchev–Trinajstić information content (AvgIpc) is 2.35. The predicted octanol–water partition coefficient (Wildman–Crippen LogP) is 4.33. The van der Waals surface area contributed by atoms with Crippen molar-refractivity contribution in [3.8, 4) is 5.75 Å². The first-order valence-corrected chi connectivity index (χ1v) is 6.04. The quantitative estimate of drug-likeness (QED) is 0.646. The Kier molecular flexibility index (Phi) is 5.10. The molecule has 1 aromatic carbocycles. The van der Waals surface area contributed by atoms with E-state index in [1.54, 1.807) is 7.11 Å². The van der Waals surface area contributed by atoms with Crippen molar-refractivity contribution >= 4 is 0 Å². The van der Waals surface area contributed by atoms with Crippen LogP contribution in [0.4, 0.5) is 0 Å². The van der Waals surface area contributed by atoms with Gasteiger partial charge in [-0.15, -0.1) is 6.58 Å². The van der Waals surface area contributed by atoms with E-state index in [0.29, 0.717) is 5.92 Å². The van der Waals surface area contributed by atoms with Gasteiger partial charge in [-0.25, -0.2) is 0 Å². The van der Waals surface area contributed by atoms with Crippen molar-refractivity contribution in [2.24, 2.45) is 0 Å². The molecule has 1 unspecified atom stereocenters. The normalized spacial score (nSPS) is 12.2. The maximum atomic E-state index is 5.44. The van der Waals surface area contributed by atoms with Gasteiger partial charge in [-0.05, 0) is 42.4 Å². The summed E-state index contributed by atoms with van der Waals surface area (Å²) in [5.41, 5.74) is 2.70. The van der Waals surface area contributed by atoms with Crippen LogP contribution in [0.2, 0.25) is 0 Å². The largest absolute Gasteiger partial charge is 0.496 e. The second-order valence-corrected chi connectivity index (χ2v) is 4.06. The van der Waals surface area contributed by atoms with Crippen LogP contribution < -0.4 is 4.74 Å². The highest BCUT2D eigenvalue weighted by Crippen LogP contribution is 2.32. The van der Waals surface area contributed by atoms with E-state index in [4.69, 9.17) is 4.74 Å². The third-order valence-electron chi connectivity index (χ3n) is 3.09. The lowest BCUT2D eigenvalue weighted by atomic mass is 9.91. The Morgan fingerprint density at radius 2 is 2.12 bits per heavy atom. The molecule has 0 aliphatic rings. The van der Waals surface area contributed by atoms with E-state index in [1.165, 1.54) is 11.1 Å². The number of ether oxygens (including phenoxy) is 1. The molecule has 1 nitrogen and oxygen atoms in total. The molecule has 16 heavy (non-hydrogen) atoms. The maximum absolute atomic E-state index is 5.44. The predicted molar refractivity (Wildman–Crippen MR) is 70.2 cm³/mol. The van der Waals surface area contributed by atoms with Crippen molar-refractivity contribution in [3.63, 3.8) is 0 Å². The lowest BCUT2D eigenvalue weighted by molar-refractivity contribution is 0.404. The van der Waals surface area contributed by atoms with Crippen LogP contribution in [-0.4, -0.2) is 7.11 Å². The SMILES string of the molecule is C=CCC(CC)c1cc(CC)ccc1OC. The Labute approximate surface area is 99.1 Å². The topological polar surface area (TPSA) is 9.23 Å². The summed E-state index contributed by atoms with van der Waals surface area (Å²) in [6.07, 6.45) is 5.20. The van der Waals surface area contributed by atoms with Crippen molar-refractivity contribution < 1.29 is 4.74 Å². The standard InChI is InChI=1S/C15H22O/c1-5-8-13(7-3)14-11-12(6-2)9-10-15(14)16-4/h5,9-11,13H,1,6-8H2,2-4H3. The Morgan fingerprint density at radius 1 is 1.38 bits per heavy atom. The number of allylic oxidation sites excluding steroid dienone is 1. The van der Waals surface area contributed by atoms with Crippen LogP contribution in [0.25, 0.3) is 0 Å². The molecule has 1 rings (SSSR count). The van der Waals surface area contributed by atoms with Crippen LogP contribution in [-0.2, 0) is 6.42 Å². The van der Waals surface area contributed by atoms with E-state index < -0.39 is 0 Å². The number of methoxy groups -OCH3 is 1. The fraction of sp³-hybridized carbons (Fsp3) is 0.467. The van der Waals surface area contributed by atoms with Gasteiger partial charge in [0.05, 0.1) is 7.11 Å². The summed E-state index contributed by atoms with van der Waals surface area (Å²) in [6, 6.07) is 6.50. The summed E-state index contributed by atoms with van der Waals surface area (Å²) in [7, 11) is 1.74. The minimum atomic E-state index is 0.527. The molecule has 0 saturated carbocycles. The van der Waals surface area contributed by atoms with Gasteiger partial charge < -0.3 is 4.74 Å². The number of benzene rings is 1. The summed E-state index contributed by atoms with van der Waals surface area (Å²) in [4.78, 5) is 0. The summed E-state index contributed by atoms with van der Waals surface area (Å²) < 4.78 is 5.44. The summed E-state index contributed by atoms with van der Waals surface area (Å²) in [5, 5.41) is 0. The van der Waals surface area contributed by atoms with Gasteiger partial charge in [-0.3, -0.25) is 0 Å². The van der Waals surface area contributed by atoms with E-state index in [0.717, 1.165) is 25.0 Å². The van der Waals surface area contributed by atoms with E-state index in [-0.39, 0.29) is 0 Å². The molecule has 1 atom stereocenters. The molecule has 0 aliphatic carbocycles. The first-order chi connectivity index (χ1) is 7.76. The van der Waals surface area contributed by atoms with Crippen molar-refractivity contribution in [2.45, 2.75) is 39.0 Å². The van der Waals surface area contributed by atoms with Crippen molar-refractivity contribution in [2.75, 3.05) is 7.11 Å². The molecule has 0 aliphatic heterocycles. The lowest BCUT2D eigenvalue weighted by Gasteiger charge is -2.18. The van der Waals surface area contributed by atoms with Gasteiger partial charge in [-0.1, -0.05) is 32.1 Å². The Morgan fingerprint density at radius 3 is 2.62 bits per heavy atom. The molecule has 0 amide bonds. The van der Waals surface area contributed by atoms with Gasteiger partial charge in [0.25, 0.3) is 0 Å². The first-order valence-electron chi connectivity index (χ1n) is 6.04. The molecule has 0 radical (unpaired) electrons. The fourth-order valence-corrected chi connectivity index (χ4v) is 2.04. The zero-order valence-corrected chi connectivity index (χ0v) is 10.6. The number of aryl methyl sites for hydroxylation is 1. The molecule has 0 heterocycles. The average molecular weight is 218 g/mol. The molecule has 1 heteroatoms. The smallest absolute Gasteiger partial charge is 0.122 e. The summed E-state index contributed by atoms with van der Waals surface area (Å²) in [5.74, 6) is 1.53. The van der Waals surface area contributed by atoms with Gasteiger partial charge >= 0.3 is 0 Å². The van der Waals surface area contributed by atoms with Crippen LogP contribution in [0.5, 0.6) is 5.75 Å². The summed E-state index contributed by atoms with van der Waals surface area (Å²) in [6.45, 7) is 8.23. The minimum absolute atomic E-state index is 0.527. The number of rotatable bonds is 6. The minimum Gasteiger partial charge on any atom is -0.496 e. The van der Waals surface area contributed by atoms with E-state index in [9.17, 15) is 0 Å². The fourth-order valence-electron chi connectivity index (χ4n) is 2.04. The van der Waals surface area contributed by atoms with E-state index in [2.05, 4.69) is 38.6 Å². The molecule has 0 aromatic heterocycles. The Hall–Kier alpha value is -1.24. The molecule has 1 aromatic rings. The van der Waals surface area contributed by atoms with Gasteiger partial charge in [0.15, 0.2) is 0 Å². The van der Waals surface area contributed by atoms with Gasteiger partial charge in [0.2, 0.25) is 0 Å². The highest BCUT2D eigenvalue weighted by Gasteiger charge is 2.13. The van der Waals surface area contributed by atoms with Crippen LogP contribution >= 0.6 is 0 Å². The van der Waals surface area contributed by atoms with Gasteiger partial charge in [0.1, 0.15) is 5.75 Å². The Bertz CT molecular complexity index is 341. The van der Waals surface area contributed by atoms with Crippen molar-refractivity contribution in [1.29, 1.82) is 0 Å². The van der Waals surface area contributed by atoms with Crippen LogP contribution in [0.15, 0.2) is 30.9 Å². The number of hydrogen-bond acceptors (Lipinski definition) is 1. The molecule has 88 valence electrons. The number of hydrogen-bond donors (Lipinski definition) is 0. The van der Waals surface area contributed by atoms with Gasteiger partial charge in [-0.2, -0.15) is 0 Å². The van der Waals surface area contributed by atoms with Crippen LogP contribution in [0.1, 0.15) is 43.7 Å². The molecule has 0 fully saturated rings. The van der Waals surface area contributed by atoms with Crippen LogP contribution in [0, 0.1) is 0 Å². The van der Waals surface area contributed by atoms with Gasteiger partial charge in [0, 0.05) is 0 Å². The molecule has 0 N–H and O–H groups in total. The highest BCUT2D eigenvalue weighted by atomic mass is 16.5. The Balaban J connectivity index is 3.09. The van der Waals surface area contributed by atoms with Crippen molar-refractivity contribution in [3.05, 3.63) is 42.0 Å². The zero-order chi connectivity index (χ0) is 12.0. The van der Waals surface area contributed by atoms with E-state index >= 15 is 0 Å². The molecule has 0 spiro atoms. The second kappa shape index (κ2) is 6.37.